The third-order valence-corrected chi connectivity index (χ3v) is 4.92. The van der Waals surface area contributed by atoms with E-state index in [1.807, 2.05) is 43.3 Å². The standard InChI is InChI=1S/C22H23N3O3/c1-15-12-16(8-11-26)2-5-21(15)28-22-19-13-18(3-4-20(19)24-14-25-22)27-17-6-9-23-10-7-17/h2-5,11-14,17,23H,6-10H2,1H3. The van der Waals surface area contributed by atoms with Crippen LogP contribution in [0, 0.1) is 6.92 Å². The van der Waals surface area contributed by atoms with Crippen molar-refractivity contribution in [1.29, 1.82) is 0 Å². The van der Waals surface area contributed by atoms with Crippen LogP contribution in [0.5, 0.6) is 17.4 Å². The molecule has 0 unspecified atom stereocenters. The summed E-state index contributed by atoms with van der Waals surface area (Å²) < 4.78 is 12.2. The molecule has 2 heterocycles. The van der Waals surface area contributed by atoms with Gasteiger partial charge in [-0.05, 0) is 68.2 Å². The fourth-order valence-electron chi connectivity index (χ4n) is 3.43. The number of fused-ring (bicyclic) bond motifs is 1. The van der Waals surface area contributed by atoms with Crippen LogP contribution in [0.3, 0.4) is 0 Å². The smallest absolute Gasteiger partial charge is 0.230 e. The van der Waals surface area contributed by atoms with Crippen LogP contribution in [-0.4, -0.2) is 35.4 Å². The molecule has 0 radical (unpaired) electrons. The van der Waals surface area contributed by atoms with Crippen LogP contribution in [0.15, 0.2) is 42.7 Å². The third-order valence-electron chi connectivity index (χ3n) is 4.92. The Morgan fingerprint density at radius 3 is 2.79 bits per heavy atom. The minimum absolute atomic E-state index is 0.223. The van der Waals surface area contributed by atoms with Gasteiger partial charge in [0.25, 0.3) is 0 Å². The number of aryl methyl sites for hydroxylation is 1. The van der Waals surface area contributed by atoms with E-state index in [0.29, 0.717) is 18.1 Å². The number of hydrogen-bond donors (Lipinski definition) is 1. The summed E-state index contributed by atoms with van der Waals surface area (Å²) in [6, 6.07) is 11.5. The Kier molecular flexibility index (Phi) is 5.48. The van der Waals surface area contributed by atoms with Gasteiger partial charge in [0.15, 0.2) is 0 Å². The maximum absolute atomic E-state index is 10.7. The Labute approximate surface area is 163 Å². The Bertz CT molecular complexity index is 984. The molecule has 3 aromatic rings. The number of benzene rings is 2. The molecule has 0 saturated carbocycles. The summed E-state index contributed by atoms with van der Waals surface area (Å²) in [6.45, 7) is 3.92. The van der Waals surface area contributed by atoms with Gasteiger partial charge in [-0.25, -0.2) is 9.97 Å². The Morgan fingerprint density at radius 2 is 2.00 bits per heavy atom. The highest BCUT2D eigenvalue weighted by Crippen LogP contribution is 2.32. The zero-order valence-electron chi connectivity index (χ0n) is 15.9. The second kappa shape index (κ2) is 8.35. The average molecular weight is 377 g/mol. The molecule has 1 fully saturated rings. The monoisotopic (exact) mass is 377 g/mol. The summed E-state index contributed by atoms with van der Waals surface area (Å²) in [6.07, 6.45) is 5.02. The van der Waals surface area contributed by atoms with Gasteiger partial charge >= 0.3 is 0 Å². The molecular weight excluding hydrogens is 354 g/mol. The van der Waals surface area contributed by atoms with Crippen molar-refractivity contribution in [3.05, 3.63) is 53.9 Å². The Balaban J connectivity index is 1.61. The van der Waals surface area contributed by atoms with E-state index in [-0.39, 0.29) is 6.10 Å². The van der Waals surface area contributed by atoms with Gasteiger partial charge in [-0.3, -0.25) is 0 Å². The van der Waals surface area contributed by atoms with Gasteiger partial charge in [0.1, 0.15) is 30.2 Å². The quantitative estimate of drug-likeness (QED) is 0.662. The largest absolute Gasteiger partial charge is 0.490 e. The van der Waals surface area contributed by atoms with Crippen LogP contribution in [-0.2, 0) is 11.2 Å². The predicted octanol–water partition coefficient (Wildman–Crippen LogP) is 3.60. The first kappa shape index (κ1) is 18.4. The molecule has 1 N–H and O–H groups in total. The fourth-order valence-corrected chi connectivity index (χ4v) is 3.43. The van der Waals surface area contributed by atoms with Crippen molar-refractivity contribution in [3.63, 3.8) is 0 Å². The van der Waals surface area contributed by atoms with Crippen LogP contribution in [0.2, 0.25) is 0 Å². The van der Waals surface area contributed by atoms with E-state index in [1.54, 1.807) is 0 Å². The maximum Gasteiger partial charge on any atom is 0.230 e. The second-order valence-corrected chi connectivity index (χ2v) is 7.00. The molecule has 2 aromatic carbocycles. The van der Waals surface area contributed by atoms with Crippen molar-refractivity contribution in [2.45, 2.75) is 32.3 Å². The van der Waals surface area contributed by atoms with Crippen molar-refractivity contribution in [2.75, 3.05) is 13.1 Å². The lowest BCUT2D eigenvalue weighted by atomic mass is 10.1. The van der Waals surface area contributed by atoms with E-state index in [2.05, 4.69) is 15.3 Å². The van der Waals surface area contributed by atoms with E-state index >= 15 is 0 Å². The first-order chi connectivity index (χ1) is 13.7. The fraction of sp³-hybridized carbons (Fsp3) is 0.318. The van der Waals surface area contributed by atoms with Crippen LogP contribution in [0.25, 0.3) is 10.9 Å². The van der Waals surface area contributed by atoms with Gasteiger partial charge in [-0.1, -0.05) is 12.1 Å². The van der Waals surface area contributed by atoms with Crippen molar-refractivity contribution in [1.82, 2.24) is 15.3 Å². The molecular formula is C22H23N3O3. The molecule has 0 atom stereocenters. The molecule has 6 nitrogen and oxygen atoms in total. The van der Waals surface area contributed by atoms with Crippen LogP contribution >= 0.6 is 0 Å². The summed E-state index contributed by atoms with van der Waals surface area (Å²) in [5.41, 5.74) is 2.72. The molecule has 144 valence electrons. The normalized spacial score (nSPS) is 14.8. The summed E-state index contributed by atoms with van der Waals surface area (Å²) in [7, 11) is 0. The molecule has 6 heteroatoms. The summed E-state index contributed by atoms with van der Waals surface area (Å²) in [5.74, 6) is 2.00. The molecule has 1 aliphatic rings. The van der Waals surface area contributed by atoms with Crippen molar-refractivity contribution in [3.8, 4) is 17.4 Å². The van der Waals surface area contributed by atoms with Gasteiger partial charge < -0.3 is 19.6 Å². The van der Waals surface area contributed by atoms with Crippen LogP contribution in [0.1, 0.15) is 24.0 Å². The Hall–Kier alpha value is -2.99. The van der Waals surface area contributed by atoms with E-state index in [4.69, 9.17) is 9.47 Å². The number of rotatable bonds is 6. The molecule has 1 aromatic heterocycles. The number of ether oxygens (including phenoxy) is 2. The summed E-state index contributed by atoms with van der Waals surface area (Å²) >= 11 is 0. The highest BCUT2D eigenvalue weighted by molar-refractivity contribution is 5.84. The highest BCUT2D eigenvalue weighted by atomic mass is 16.5. The number of nitrogens with one attached hydrogen (secondary N) is 1. The molecule has 0 spiro atoms. The number of carbonyl (C=O) groups excluding carboxylic acids is 1. The van der Waals surface area contributed by atoms with Crippen molar-refractivity contribution < 1.29 is 14.3 Å². The first-order valence-electron chi connectivity index (χ1n) is 9.56. The summed E-state index contributed by atoms with van der Waals surface area (Å²) in [5, 5.41) is 4.15. The molecule has 28 heavy (non-hydrogen) atoms. The van der Waals surface area contributed by atoms with E-state index in [1.165, 1.54) is 6.33 Å². The van der Waals surface area contributed by atoms with Crippen LogP contribution < -0.4 is 14.8 Å². The summed E-state index contributed by atoms with van der Waals surface area (Å²) in [4.78, 5) is 19.4. The maximum atomic E-state index is 10.7. The zero-order valence-corrected chi connectivity index (χ0v) is 15.9. The van der Waals surface area contributed by atoms with Crippen molar-refractivity contribution in [2.24, 2.45) is 0 Å². The molecule has 0 amide bonds. The third kappa shape index (κ3) is 4.12. The minimum Gasteiger partial charge on any atom is -0.490 e. The molecule has 0 bridgehead atoms. The zero-order chi connectivity index (χ0) is 19.3. The van der Waals surface area contributed by atoms with E-state index in [0.717, 1.165) is 60.0 Å². The number of aromatic nitrogens is 2. The lowest BCUT2D eigenvalue weighted by Gasteiger charge is -2.24. The Morgan fingerprint density at radius 1 is 1.14 bits per heavy atom. The number of carbonyl (C=O) groups is 1. The molecule has 1 aliphatic heterocycles. The SMILES string of the molecule is Cc1cc(CC=O)ccc1Oc1ncnc2ccc(OC3CCNCC3)cc12. The predicted molar refractivity (Wildman–Crippen MR) is 107 cm³/mol. The minimum atomic E-state index is 0.223. The average Bonchev–Trinajstić information content (AvgIpc) is 2.71. The molecule has 4 rings (SSSR count). The van der Waals surface area contributed by atoms with Crippen molar-refractivity contribution >= 4 is 17.2 Å². The lowest BCUT2D eigenvalue weighted by molar-refractivity contribution is -0.107. The highest BCUT2D eigenvalue weighted by Gasteiger charge is 2.16. The van der Waals surface area contributed by atoms with Gasteiger partial charge in [0.05, 0.1) is 10.9 Å². The number of aldehydes is 1. The molecule has 1 saturated heterocycles. The van der Waals surface area contributed by atoms with Crippen LogP contribution in [0.4, 0.5) is 0 Å². The van der Waals surface area contributed by atoms with E-state index in [9.17, 15) is 4.79 Å². The van der Waals surface area contributed by atoms with Gasteiger partial charge in [0.2, 0.25) is 5.88 Å². The number of nitrogens with zero attached hydrogens (tertiary/aromatic N) is 2. The lowest BCUT2D eigenvalue weighted by Crippen LogP contribution is -2.34. The topological polar surface area (TPSA) is 73.3 Å². The molecule has 0 aliphatic carbocycles. The second-order valence-electron chi connectivity index (χ2n) is 7.00. The number of hydrogen-bond acceptors (Lipinski definition) is 6. The first-order valence-corrected chi connectivity index (χ1v) is 9.56. The van der Waals surface area contributed by atoms with Gasteiger partial charge in [0, 0.05) is 6.42 Å². The van der Waals surface area contributed by atoms with Gasteiger partial charge in [-0.2, -0.15) is 0 Å². The van der Waals surface area contributed by atoms with Gasteiger partial charge in [-0.15, -0.1) is 0 Å². The van der Waals surface area contributed by atoms with E-state index < -0.39 is 0 Å². The number of piperidine rings is 1.